The van der Waals surface area contributed by atoms with Crippen molar-refractivity contribution in [2.75, 3.05) is 6.61 Å². The van der Waals surface area contributed by atoms with E-state index in [4.69, 9.17) is 4.74 Å². The van der Waals surface area contributed by atoms with Crippen molar-refractivity contribution < 1.29 is 9.53 Å². The molecule has 1 unspecified atom stereocenters. The molecule has 1 rings (SSSR count). The van der Waals surface area contributed by atoms with Gasteiger partial charge in [0.2, 0.25) is 0 Å². The normalized spacial score (nSPS) is 19.6. The lowest BCUT2D eigenvalue weighted by Crippen LogP contribution is -2.46. The summed E-state index contributed by atoms with van der Waals surface area (Å²) in [6, 6.07) is 0.351. The van der Waals surface area contributed by atoms with Crippen LogP contribution in [0.5, 0.6) is 0 Å². The molecule has 0 spiro atoms. The quantitative estimate of drug-likeness (QED) is 0.766. The average molecular weight is 255 g/mol. The summed E-state index contributed by atoms with van der Waals surface area (Å²) >= 11 is 0. The van der Waals surface area contributed by atoms with Crippen LogP contribution >= 0.6 is 0 Å². The van der Waals surface area contributed by atoms with Gasteiger partial charge in [-0.25, -0.2) is 0 Å². The molecular weight excluding hydrogens is 226 g/mol. The van der Waals surface area contributed by atoms with Crippen LogP contribution in [0.15, 0.2) is 0 Å². The summed E-state index contributed by atoms with van der Waals surface area (Å²) in [4.78, 5) is 12.0. The SMILES string of the molecule is CCOC(=O)C(CC(C)(C)C)NC1CCCCC1. The van der Waals surface area contributed by atoms with Gasteiger partial charge in [0.1, 0.15) is 6.04 Å². The second kappa shape index (κ2) is 7.13. The van der Waals surface area contributed by atoms with E-state index in [1.165, 1.54) is 32.1 Å². The highest BCUT2D eigenvalue weighted by atomic mass is 16.5. The summed E-state index contributed by atoms with van der Waals surface area (Å²) in [6.45, 7) is 8.84. The Kier molecular flexibility index (Phi) is 6.13. The minimum absolute atomic E-state index is 0.0852. The number of esters is 1. The minimum Gasteiger partial charge on any atom is -0.465 e. The van der Waals surface area contributed by atoms with E-state index in [1.54, 1.807) is 0 Å². The zero-order valence-corrected chi connectivity index (χ0v) is 12.4. The maximum Gasteiger partial charge on any atom is 0.323 e. The van der Waals surface area contributed by atoms with E-state index >= 15 is 0 Å². The van der Waals surface area contributed by atoms with E-state index in [-0.39, 0.29) is 17.4 Å². The van der Waals surface area contributed by atoms with Gasteiger partial charge in [0.15, 0.2) is 0 Å². The Morgan fingerprint density at radius 1 is 1.28 bits per heavy atom. The van der Waals surface area contributed by atoms with Gasteiger partial charge in [0, 0.05) is 6.04 Å². The molecule has 1 atom stereocenters. The zero-order valence-electron chi connectivity index (χ0n) is 12.4. The number of hydrogen-bond donors (Lipinski definition) is 1. The molecule has 3 nitrogen and oxygen atoms in total. The molecule has 0 bridgehead atoms. The minimum atomic E-state index is -0.145. The van der Waals surface area contributed by atoms with Gasteiger partial charge in [-0.1, -0.05) is 40.0 Å². The summed E-state index contributed by atoms with van der Waals surface area (Å²) in [5, 5.41) is 3.52. The summed E-state index contributed by atoms with van der Waals surface area (Å²) in [5.74, 6) is -0.0852. The first kappa shape index (κ1) is 15.5. The third-order valence-corrected chi connectivity index (χ3v) is 3.43. The summed E-state index contributed by atoms with van der Waals surface area (Å²) < 4.78 is 5.19. The van der Waals surface area contributed by atoms with Crippen LogP contribution in [-0.4, -0.2) is 24.7 Å². The second-order valence-corrected chi connectivity index (χ2v) is 6.57. The molecule has 0 saturated heterocycles. The maximum atomic E-state index is 12.0. The predicted molar refractivity (Wildman–Crippen MR) is 74.5 cm³/mol. The molecule has 1 fully saturated rings. The van der Waals surface area contributed by atoms with E-state index in [2.05, 4.69) is 26.1 Å². The lowest BCUT2D eigenvalue weighted by Gasteiger charge is -2.31. The smallest absolute Gasteiger partial charge is 0.323 e. The van der Waals surface area contributed by atoms with Crippen LogP contribution < -0.4 is 5.32 Å². The van der Waals surface area contributed by atoms with Gasteiger partial charge in [-0.2, -0.15) is 0 Å². The van der Waals surface area contributed by atoms with Gasteiger partial charge in [-0.3, -0.25) is 4.79 Å². The molecule has 0 aromatic heterocycles. The summed E-state index contributed by atoms with van der Waals surface area (Å²) in [7, 11) is 0. The van der Waals surface area contributed by atoms with Crippen molar-refractivity contribution in [1.29, 1.82) is 0 Å². The molecule has 0 aromatic rings. The molecule has 1 aliphatic rings. The molecule has 106 valence electrons. The molecule has 18 heavy (non-hydrogen) atoms. The monoisotopic (exact) mass is 255 g/mol. The Balaban J connectivity index is 2.55. The second-order valence-electron chi connectivity index (χ2n) is 6.57. The number of ether oxygens (including phenoxy) is 1. The van der Waals surface area contributed by atoms with Crippen molar-refractivity contribution in [2.24, 2.45) is 5.41 Å². The molecule has 3 heteroatoms. The summed E-state index contributed by atoms with van der Waals surface area (Å²) in [6.07, 6.45) is 7.12. The Morgan fingerprint density at radius 2 is 1.89 bits per heavy atom. The topological polar surface area (TPSA) is 38.3 Å². The standard InChI is InChI=1S/C15H29NO2/c1-5-18-14(17)13(11-15(2,3)4)16-12-9-7-6-8-10-12/h12-13,16H,5-11H2,1-4H3. The van der Waals surface area contributed by atoms with Crippen LogP contribution in [0.25, 0.3) is 0 Å². The van der Waals surface area contributed by atoms with Crippen molar-refractivity contribution in [3.63, 3.8) is 0 Å². The molecule has 0 radical (unpaired) electrons. The highest BCUT2D eigenvalue weighted by Crippen LogP contribution is 2.24. The Morgan fingerprint density at radius 3 is 2.39 bits per heavy atom. The number of hydrogen-bond acceptors (Lipinski definition) is 3. The predicted octanol–water partition coefficient (Wildman–Crippen LogP) is 3.28. The number of carbonyl (C=O) groups is 1. The van der Waals surface area contributed by atoms with E-state index < -0.39 is 0 Å². The average Bonchev–Trinajstić information content (AvgIpc) is 2.28. The molecule has 1 aliphatic carbocycles. The first-order chi connectivity index (χ1) is 8.42. The largest absolute Gasteiger partial charge is 0.465 e. The third kappa shape index (κ3) is 5.85. The number of rotatable bonds is 5. The van der Waals surface area contributed by atoms with Gasteiger partial charge >= 0.3 is 5.97 Å². The van der Waals surface area contributed by atoms with Gasteiger partial charge in [0.25, 0.3) is 0 Å². The van der Waals surface area contributed by atoms with E-state index in [0.29, 0.717) is 12.6 Å². The van der Waals surface area contributed by atoms with Crippen LogP contribution in [0.3, 0.4) is 0 Å². The Hall–Kier alpha value is -0.570. The number of carbonyl (C=O) groups excluding carboxylic acids is 1. The molecule has 0 aliphatic heterocycles. The van der Waals surface area contributed by atoms with Crippen LogP contribution in [0.1, 0.15) is 66.2 Å². The van der Waals surface area contributed by atoms with Crippen LogP contribution in [0.4, 0.5) is 0 Å². The molecule has 1 saturated carbocycles. The lowest BCUT2D eigenvalue weighted by atomic mass is 9.87. The van der Waals surface area contributed by atoms with E-state index in [1.807, 2.05) is 6.92 Å². The van der Waals surface area contributed by atoms with Crippen molar-refractivity contribution in [1.82, 2.24) is 5.32 Å². The Bertz CT molecular complexity index is 252. The molecular formula is C15H29NO2. The van der Waals surface area contributed by atoms with Crippen molar-refractivity contribution in [2.45, 2.75) is 78.3 Å². The highest BCUT2D eigenvalue weighted by molar-refractivity contribution is 5.75. The summed E-state index contributed by atoms with van der Waals surface area (Å²) in [5.41, 5.74) is 0.138. The van der Waals surface area contributed by atoms with Crippen molar-refractivity contribution in [3.05, 3.63) is 0 Å². The first-order valence-electron chi connectivity index (χ1n) is 7.35. The molecule has 0 amide bonds. The zero-order chi connectivity index (χ0) is 13.6. The van der Waals surface area contributed by atoms with Crippen molar-refractivity contribution in [3.8, 4) is 0 Å². The first-order valence-corrected chi connectivity index (χ1v) is 7.35. The van der Waals surface area contributed by atoms with Crippen LogP contribution in [0, 0.1) is 5.41 Å². The molecule has 0 aromatic carbocycles. The third-order valence-electron chi connectivity index (χ3n) is 3.43. The molecule has 0 heterocycles. The van der Waals surface area contributed by atoms with E-state index in [0.717, 1.165) is 6.42 Å². The van der Waals surface area contributed by atoms with Gasteiger partial charge in [-0.15, -0.1) is 0 Å². The highest BCUT2D eigenvalue weighted by Gasteiger charge is 2.28. The fourth-order valence-electron chi connectivity index (χ4n) is 2.62. The molecule has 1 N–H and O–H groups in total. The maximum absolute atomic E-state index is 12.0. The van der Waals surface area contributed by atoms with Crippen LogP contribution in [-0.2, 0) is 9.53 Å². The van der Waals surface area contributed by atoms with Gasteiger partial charge in [0.05, 0.1) is 6.61 Å². The number of nitrogens with one attached hydrogen (secondary N) is 1. The van der Waals surface area contributed by atoms with Gasteiger partial charge < -0.3 is 10.1 Å². The van der Waals surface area contributed by atoms with Crippen molar-refractivity contribution >= 4 is 5.97 Å². The fraction of sp³-hybridized carbons (Fsp3) is 0.933. The van der Waals surface area contributed by atoms with Crippen LogP contribution in [0.2, 0.25) is 0 Å². The Labute approximate surface area is 112 Å². The van der Waals surface area contributed by atoms with Gasteiger partial charge in [-0.05, 0) is 31.6 Å². The lowest BCUT2D eigenvalue weighted by molar-refractivity contribution is -0.146. The fourth-order valence-corrected chi connectivity index (χ4v) is 2.62. The van der Waals surface area contributed by atoms with E-state index in [9.17, 15) is 4.79 Å².